The van der Waals surface area contributed by atoms with Crippen molar-refractivity contribution in [3.63, 3.8) is 0 Å². The van der Waals surface area contributed by atoms with Crippen molar-refractivity contribution in [2.75, 3.05) is 0 Å². The van der Waals surface area contributed by atoms with E-state index in [0.717, 1.165) is 5.75 Å². The number of nitrogens with zero attached hydrogens (tertiary/aromatic N) is 2. The van der Waals surface area contributed by atoms with Crippen molar-refractivity contribution < 1.29 is 4.74 Å². The molecule has 2 aromatic rings. The van der Waals surface area contributed by atoms with Gasteiger partial charge in [0.2, 0.25) is 11.2 Å². The van der Waals surface area contributed by atoms with Gasteiger partial charge in [0.1, 0.15) is 5.75 Å². The van der Waals surface area contributed by atoms with Crippen molar-refractivity contribution in [2.24, 2.45) is 0 Å². The van der Waals surface area contributed by atoms with E-state index in [1.54, 1.807) is 6.20 Å². The van der Waals surface area contributed by atoms with Crippen LogP contribution in [0.5, 0.6) is 11.6 Å². The first-order valence-electron chi connectivity index (χ1n) is 5.94. The molecular weight excluding hydrogens is 328 g/mol. The van der Waals surface area contributed by atoms with Gasteiger partial charge < -0.3 is 4.74 Å². The van der Waals surface area contributed by atoms with Gasteiger partial charge >= 0.3 is 0 Å². The minimum Gasteiger partial charge on any atom is -0.438 e. The number of hydrogen-bond donors (Lipinski definition) is 0. The minimum atomic E-state index is 0.161. The number of halogens is 2. The van der Waals surface area contributed by atoms with E-state index in [1.165, 1.54) is 11.1 Å². The molecule has 0 saturated carbocycles. The zero-order chi connectivity index (χ0) is 14.0. The van der Waals surface area contributed by atoms with Crippen molar-refractivity contribution in [1.82, 2.24) is 9.97 Å². The first kappa shape index (κ1) is 14.3. The molecule has 0 unspecified atom stereocenters. The zero-order valence-corrected chi connectivity index (χ0v) is 13.3. The van der Waals surface area contributed by atoms with Gasteiger partial charge in [-0.15, -0.1) is 0 Å². The highest BCUT2D eigenvalue weighted by atomic mass is 79.9. The van der Waals surface area contributed by atoms with Gasteiger partial charge in [-0.3, -0.25) is 0 Å². The molecular formula is C14H14BrClN2O. The van der Waals surface area contributed by atoms with E-state index in [9.17, 15) is 0 Å². The normalized spacial score (nSPS) is 10.8. The summed E-state index contributed by atoms with van der Waals surface area (Å²) >= 11 is 9.09. The molecule has 3 nitrogen and oxygen atoms in total. The van der Waals surface area contributed by atoms with Crippen LogP contribution in [0.1, 0.15) is 30.9 Å². The fraction of sp³-hybridized carbons (Fsp3) is 0.286. The first-order chi connectivity index (χ1) is 8.97. The van der Waals surface area contributed by atoms with Crippen LogP contribution in [0.3, 0.4) is 0 Å². The monoisotopic (exact) mass is 340 g/mol. The highest BCUT2D eigenvalue weighted by molar-refractivity contribution is 9.10. The molecule has 0 fully saturated rings. The zero-order valence-electron chi connectivity index (χ0n) is 10.9. The number of benzene rings is 1. The quantitative estimate of drug-likeness (QED) is 0.727. The second-order valence-corrected chi connectivity index (χ2v) is 5.76. The smallest absolute Gasteiger partial charge is 0.237 e. The summed E-state index contributed by atoms with van der Waals surface area (Å²) in [7, 11) is 0. The average molecular weight is 342 g/mol. The number of aryl methyl sites for hydroxylation is 1. The van der Waals surface area contributed by atoms with Gasteiger partial charge in [-0.05, 0) is 63.6 Å². The highest BCUT2D eigenvalue weighted by Gasteiger charge is 2.09. The van der Waals surface area contributed by atoms with Gasteiger partial charge in [0.15, 0.2) is 0 Å². The molecule has 100 valence electrons. The molecule has 0 aliphatic rings. The van der Waals surface area contributed by atoms with E-state index in [1.807, 2.05) is 12.1 Å². The summed E-state index contributed by atoms with van der Waals surface area (Å²) in [6.45, 7) is 6.41. The third-order valence-electron chi connectivity index (χ3n) is 2.76. The van der Waals surface area contributed by atoms with Crippen molar-refractivity contribution in [3.05, 3.63) is 45.3 Å². The Hall–Kier alpha value is -1.13. The molecule has 1 heterocycles. The molecule has 0 atom stereocenters. The van der Waals surface area contributed by atoms with Gasteiger partial charge in [0.25, 0.3) is 0 Å². The third kappa shape index (κ3) is 3.45. The Morgan fingerprint density at radius 3 is 2.68 bits per heavy atom. The number of hydrogen-bond acceptors (Lipinski definition) is 3. The number of aromatic nitrogens is 2. The fourth-order valence-electron chi connectivity index (χ4n) is 1.87. The van der Waals surface area contributed by atoms with Crippen LogP contribution in [0.2, 0.25) is 5.28 Å². The minimum absolute atomic E-state index is 0.161. The van der Waals surface area contributed by atoms with Crippen molar-refractivity contribution in [3.8, 4) is 11.6 Å². The van der Waals surface area contributed by atoms with E-state index < -0.39 is 0 Å². The summed E-state index contributed by atoms with van der Waals surface area (Å²) in [6, 6.07) is 6.01. The maximum absolute atomic E-state index is 5.76. The largest absolute Gasteiger partial charge is 0.438 e. The number of ether oxygens (including phenoxy) is 1. The van der Waals surface area contributed by atoms with Crippen LogP contribution in [0, 0.1) is 6.92 Å². The first-order valence-corrected chi connectivity index (χ1v) is 7.11. The lowest BCUT2D eigenvalue weighted by molar-refractivity contribution is 0.457. The van der Waals surface area contributed by atoms with E-state index in [4.69, 9.17) is 16.3 Å². The molecule has 5 heteroatoms. The fourth-order valence-corrected chi connectivity index (χ4v) is 2.27. The lowest BCUT2D eigenvalue weighted by Gasteiger charge is -2.12. The van der Waals surface area contributed by atoms with Crippen molar-refractivity contribution in [1.29, 1.82) is 0 Å². The summed E-state index contributed by atoms with van der Waals surface area (Å²) in [6.07, 6.45) is 1.57. The van der Waals surface area contributed by atoms with Crippen LogP contribution in [0.15, 0.2) is 28.9 Å². The Morgan fingerprint density at radius 2 is 2.05 bits per heavy atom. The molecule has 19 heavy (non-hydrogen) atoms. The molecule has 0 N–H and O–H groups in total. The van der Waals surface area contributed by atoms with Crippen molar-refractivity contribution >= 4 is 27.5 Å². The van der Waals surface area contributed by atoms with Gasteiger partial charge in [-0.2, -0.15) is 4.98 Å². The molecule has 0 bridgehead atoms. The molecule has 1 aromatic carbocycles. The van der Waals surface area contributed by atoms with Crippen LogP contribution in [-0.4, -0.2) is 9.97 Å². The van der Waals surface area contributed by atoms with Gasteiger partial charge in [-0.1, -0.05) is 19.9 Å². The highest BCUT2D eigenvalue weighted by Crippen LogP contribution is 2.30. The second-order valence-electron chi connectivity index (χ2n) is 4.57. The van der Waals surface area contributed by atoms with Gasteiger partial charge in [0, 0.05) is 6.20 Å². The van der Waals surface area contributed by atoms with Crippen LogP contribution in [0.25, 0.3) is 0 Å². The molecule has 0 aliphatic heterocycles. The number of rotatable bonds is 3. The second kappa shape index (κ2) is 5.88. The summed E-state index contributed by atoms with van der Waals surface area (Å²) in [5.41, 5.74) is 2.51. The molecule has 2 rings (SSSR count). The summed E-state index contributed by atoms with van der Waals surface area (Å²) in [5.74, 6) is 1.64. The maximum atomic E-state index is 5.76. The maximum Gasteiger partial charge on any atom is 0.237 e. The standard InChI is InChI=1S/C14H14BrClN2O/c1-8(2)11-5-4-10(6-9(11)3)19-13-12(15)7-17-14(16)18-13/h4-8H,1-3H3. The predicted molar refractivity (Wildman–Crippen MR) is 80.1 cm³/mol. The SMILES string of the molecule is Cc1cc(Oc2nc(Cl)ncc2Br)ccc1C(C)C. The molecule has 0 spiro atoms. The van der Waals surface area contributed by atoms with Crippen LogP contribution >= 0.6 is 27.5 Å². The van der Waals surface area contributed by atoms with Gasteiger partial charge in [0.05, 0.1) is 4.47 Å². The topological polar surface area (TPSA) is 35.0 Å². The average Bonchev–Trinajstić information content (AvgIpc) is 2.33. The van der Waals surface area contributed by atoms with Gasteiger partial charge in [-0.25, -0.2) is 4.98 Å². The lowest BCUT2D eigenvalue weighted by atomic mass is 9.98. The summed E-state index contributed by atoms with van der Waals surface area (Å²) in [4.78, 5) is 7.90. The van der Waals surface area contributed by atoms with Crippen molar-refractivity contribution in [2.45, 2.75) is 26.7 Å². The Morgan fingerprint density at radius 1 is 1.32 bits per heavy atom. The molecule has 1 aromatic heterocycles. The predicted octanol–water partition coefficient (Wildman–Crippen LogP) is 5.12. The summed E-state index contributed by atoms with van der Waals surface area (Å²) < 4.78 is 6.39. The van der Waals surface area contributed by atoms with E-state index in [2.05, 4.69) is 52.7 Å². The molecule has 0 aliphatic carbocycles. The molecule has 0 radical (unpaired) electrons. The Labute approximate surface area is 126 Å². The van der Waals surface area contributed by atoms with Crippen LogP contribution < -0.4 is 4.74 Å². The molecule has 0 saturated heterocycles. The molecule has 0 amide bonds. The third-order valence-corrected chi connectivity index (χ3v) is 3.49. The Bertz CT molecular complexity index is 602. The lowest BCUT2D eigenvalue weighted by Crippen LogP contribution is -1.95. The Kier molecular flexibility index (Phi) is 4.42. The Balaban J connectivity index is 2.29. The van der Waals surface area contributed by atoms with Crippen LogP contribution in [-0.2, 0) is 0 Å². The van der Waals surface area contributed by atoms with E-state index in [0.29, 0.717) is 16.3 Å². The van der Waals surface area contributed by atoms with E-state index in [-0.39, 0.29) is 5.28 Å². The summed E-state index contributed by atoms with van der Waals surface area (Å²) in [5, 5.41) is 0.161. The van der Waals surface area contributed by atoms with Crippen LogP contribution in [0.4, 0.5) is 0 Å². The van der Waals surface area contributed by atoms with E-state index >= 15 is 0 Å².